The molecule has 1 aliphatic rings. The van der Waals surface area contributed by atoms with Crippen molar-refractivity contribution in [2.45, 2.75) is 45.3 Å². The summed E-state index contributed by atoms with van der Waals surface area (Å²) in [5.41, 5.74) is 2.85. The number of rotatable bonds is 5. The number of hydrogen-bond donors (Lipinski definition) is 1. The van der Waals surface area contributed by atoms with Crippen LogP contribution in [0.25, 0.3) is 0 Å². The van der Waals surface area contributed by atoms with Crippen molar-refractivity contribution in [3.05, 3.63) is 29.3 Å². The van der Waals surface area contributed by atoms with Crippen molar-refractivity contribution in [3.8, 4) is 5.75 Å². The second-order valence-electron chi connectivity index (χ2n) is 5.63. The monoisotopic (exact) mass is 262 g/mol. The Morgan fingerprint density at radius 1 is 1.42 bits per heavy atom. The number of methoxy groups -OCH3 is 1. The van der Waals surface area contributed by atoms with E-state index >= 15 is 0 Å². The number of ether oxygens (including phenoxy) is 1. The van der Waals surface area contributed by atoms with Crippen LogP contribution in [0.5, 0.6) is 5.75 Å². The Morgan fingerprint density at radius 2 is 2.16 bits per heavy atom. The predicted octanol–water partition coefficient (Wildman–Crippen LogP) is 2.61. The van der Waals surface area contributed by atoms with Crippen molar-refractivity contribution in [1.82, 2.24) is 10.2 Å². The zero-order valence-corrected chi connectivity index (χ0v) is 12.7. The molecule has 0 aromatic heterocycles. The quantitative estimate of drug-likeness (QED) is 0.883. The molecular formula is C16H26N2O. The Kier molecular flexibility index (Phi) is 4.48. The molecule has 1 aliphatic carbocycles. The van der Waals surface area contributed by atoms with Crippen molar-refractivity contribution in [2.24, 2.45) is 0 Å². The van der Waals surface area contributed by atoms with E-state index in [4.69, 9.17) is 4.74 Å². The Labute approximate surface area is 116 Å². The Hall–Kier alpha value is -1.06. The topological polar surface area (TPSA) is 24.5 Å². The van der Waals surface area contributed by atoms with Crippen molar-refractivity contribution in [2.75, 3.05) is 20.7 Å². The molecule has 0 saturated heterocycles. The van der Waals surface area contributed by atoms with Gasteiger partial charge in [-0.2, -0.15) is 0 Å². The third-order valence-corrected chi connectivity index (χ3v) is 4.26. The molecule has 0 heterocycles. The van der Waals surface area contributed by atoms with E-state index in [1.165, 1.54) is 11.1 Å². The van der Waals surface area contributed by atoms with Crippen molar-refractivity contribution < 1.29 is 4.74 Å². The molecule has 0 fully saturated rings. The number of nitrogens with zero attached hydrogens (tertiary/aromatic N) is 1. The minimum absolute atomic E-state index is 0.405. The SMILES string of the molecule is CCNC1c2cc(OC)ccc2CC1N(C)C(C)C. The minimum atomic E-state index is 0.405. The van der Waals surface area contributed by atoms with Crippen LogP contribution in [0.1, 0.15) is 37.9 Å². The maximum Gasteiger partial charge on any atom is 0.119 e. The van der Waals surface area contributed by atoms with Gasteiger partial charge in [0.1, 0.15) is 5.75 Å². The standard InChI is InChI=1S/C16H26N2O/c1-6-17-16-14-10-13(19-5)8-7-12(14)9-15(16)18(4)11(2)3/h7-8,10-11,15-17H,6,9H2,1-5H3. The molecule has 1 aromatic rings. The molecule has 0 saturated carbocycles. The summed E-state index contributed by atoms with van der Waals surface area (Å²) in [4.78, 5) is 2.47. The molecule has 3 nitrogen and oxygen atoms in total. The lowest BCUT2D eigenvalue weighted by atomic mass is 10.0. The first-order chi connectivity index (χ1) is 9.08. The van der Waals surface area contributed by atoms with E-state index in [1.807, 2.05) is 0 Å². The van der Waals surface area contributed by atoms with Gasteiger partial charge in [-0.1, -0.05) is 13.0 Å². The molecule has 0 aliphatic heterocycles. The zero-order chi connectivity index (χ0) is 14.0. The van der Waals surface area contributed by atoms with Gasteiger partial charge in [-0.25, -0.2) is 0 Å². The average molecular weight is 262 g/mol. The van der Waals surface area contributed by atoms with E-state index < -0.39 is 0 Å². The summed E-state index contributed by atoms with van der Waals surface area (Å²) in [5.74, 6) is 0.953. The van der Waals surface area contributed by atoms with Crippen molar-refractivity contribution in [3.63, 3.8) is 0 Å². The van der Waals surface area contributed by atoms with Crippen LogP contribution in [0.2, 0.25) is 0 Å². The lowest BCUT2D eigenvalue weighted by Crippen LogP contribution is -2.44. The second kappa shape index (κ2) is 5.93. The summed E-state index contributed by atoms with van der Waals surface area (Å²) in [7, 11) is 3.96. The largest absolute Gasteiger partial charge is 0.497 e. The fourth-order valence-corrected chi connectivity index (χ4v) is 2.95. The summed E-state index contributed by atoms with van der Waals surface area (Å²) in [6.07, 6.45) is 1.12. The smallest absolute Gasteiger partial charge is 0.119 e. The Morgan fingerprint density at radius 3 is 2.74 bits per heavy atom. The van der Waals surface area contributed by atoms with Crippen LogP contribution in [0.15, 0.2) is 18.2 Å². The molecule has 106 valence electrons. The van der Waals surface area contributed by atoms with Gasteiger partial charge in [-0.05, 0) is 57.1 Å². The second-order valence-corrected chi connectivity index (χ2v) is 5.63. The minimum Gasteiger partial charge on any atom is -0.497 e. The molecule has 1 N–H and O–H groups in total. The first-order valence-electron chi connectivity index (χ1n) is 7.20. The summed E-state index contributed by atoms with van der Waals surface area (Å²) < 4.78 is 5.37. The lowest BCUT2D eigenvalue weighted by Gasteiger charge is -2.33. The molecular weight excluding hydrogens is 236 g/mol. The normalized spacial score (nSPS) is 22.1. The van der Waals surface area contributed by atoms with Gasteiger partial charge >= 0.3 is 0 Å². The van der Waals surface area contributed by atoms with Crippen LogP contribution in [0.4, 0.5) is 0 Å². The van der Waals surface area contributed by atoms with Gasteiger partial charge < -0.3 is 10.1 Å². The molecule has 0 amide bonds. The van der Waals surface area contributed by atoms with Gasteiger partial charge in [0.25, 0.3) is 0 Å². The fraction of sp³-hybridized carbons (Fsp3) is 0.625. The van der Waals surface area contributed by atoms with E-state index in [-0.39, 0.29) is 0 Å². The van der Waals surface area contributed by atoms with Crippen LogP contribution in [0.3, 0.4) is 0 Å². The number of fused-ring (bicyclic) bond motifs is 1. The molecule has 2 unspecified atom stereocenters. The highest BCUT2D eigenvalue weighted by Gasteiger charge is 2.35. The first-order valence-corrected chi connectivity index (χ1v) is 7.20. The molecule has 0 bridgehead atoms. The molecule has 2 atom stereocenters. The van der Waals surface area contributed by atoms with Crippen molar-refractivity contribution in [1.29, 1.82) is 0 Å². The Balaban J connectivity index is 2.31. The number of likely N-dealkylation sites (N-methyl/N-ethyl adjacent to an activating group) is 2. The summed E-state index contributed by atoms with van der Waals surface area (Å²) in [6, 6.07) is 7.97. The maximum absolute atomic E-state index is 5.37. The third kappa shape index (κ3) is 2.77. The maximum atomic E-state index is 5.37. The van der Waals surface area contributed by atoms with E-state index in [1.54, 1.807) is 7.11 Å². The molecule has 1 aromatic carbocycles. The number of nitrogens with one attached hydrogen (secondary N) is 1. The van der Waals surface area contributed by atoms with Gasteiger partial charge in [0.15, 0.2) is 0 Å². The van der Waals surface area contributed by atoms with Gasteiger partial charge in [-0.3, -0.25) is 4.90 Å². The lowest BCUT2D eigenvalue weighted by molar-refractivity contribution is 0.166. The fourth-order valence-electron chi connectivity index (χ4n) is 2.95. The zero-order valence-electron chi connectivity index (χ0n) is 12.7. The highest BCUT2D eigenvalue weighted by atomic mass is 16.5. The van der Waals surface area contributed by atoms with Crippen LogP contribution >= 0.6 is 0 Å². The van der Waals surface area contributed by atoms with E-state index in [2.05, 4.69) is 56.2 Å². The van der Waals surface area contributed by atoms with Gasteiger partial charge in [-0.15, -0.1) is 0 Å². The highest BCUT2D eigenvalue weighted by Crippen LogP contribution is 2.36. The highest BCUT2D eigenvalue weighted by molar-refractivity contribution is 5.42. The molecule has 0 spiro atoms. The molecule has 0 radical (unpaired) electrons. The average Bonchev–Trinajstić information content (AvgIpc) is 2.76. The van der Waals surface area contributed by atoms with E-state index in [0.29, 0.717) is 18.1 Å². The van der Waals surface area contributed by atoms with Gasteiger partial charge in [0.05, 0.1) is 7.11 Å². The van der Waals surface area contributed by atoms with Crippen LogP contribution in [-0.4, -0.2) is 37.7 Å². The number of benzene rings is 1. The molecule has 19 heavy (non-hydrogen) atoms. The first kappa shape index (κ1) is 14.4. The molecule has 3 heteroatoms. The van der Waals surface area contributed by atoms with Gasteiger partial charge in [0, 0.05) is 18.1 Å². The Bertz CT molecular complexity index is 431. The summed E-state index contributed by atoms with van der Waals surface area (Å²) >= 11 is 0. The summed E-state index contributed by atoms with van der Waals surface area (Å²) in [6.45, 7) is 7.67. The van der Waals surface area contributed by atoms with Crippen molar-refractivity contribution >= 4 is 0 Å². The van der Waals surface area contributed by atoms with Crippen LogP contribution < -0.4 is 10.1 Å². The van der Waals surface area contributed by atoms with Crippen LogP contribution in [-0.2, 0) is 6.42 Å². The molecule has 2 rings (SSSR count). The third-order valence-electron chi connectivity index (χ3n) is 4.26. The summed E-state index contributed by atoms with van der Waals surface area (Å²) in [5, 5.41) is 3.64. The van der Waals surface area contributed by atoms with Gasteiger partial charge in [0.2, 0.25) is 0 Å². The predicted molar refractivity (Wildman–Crippen MR) is 79.8 cm³/mol. The van der Waals surface area contributed by atoms with Crippen LogP contribution in [0, 0.1) is 0 Å². The van der Waals surface area contributed by atoms with E-state index in [9.17, 15) is 0 Å². The van der Waals surface area contributed by atoms with E-state index in [0.717, 1.165) is 18.7 Å². The number of hydrogen-bond acceptors (Lipinski definition) is 3.